The normalized spacial score (nSPS) is 14.8. The van der Waals surface area contributed by atoms with Gasteiger partial charge in [0.05, 0.1) is 0 Å². The lowest BCUT2D eigenvalue weighted by Gasteiger charge is -2.16. The minimum Gasteiger partial charge on any atom is -0.405 e. The standard InChI is InChI=1S/C20H18Cl2O6P2/c1-15-5-3-7-19(13-15)27-29(21,23)25-17-9-11-18(12-10-17)26-30(22,24)28-20-8-4-6-16(2)14-20/h3-14H,1-2H3. The third kappa shape index (κ3) is 7.00. The zero-order chi connectivity index (χ0) is 21.8. The van der Waals surface area contributed by atoms with Gasteiger partial charge >= 0.3 is 13.9 Å². The van der Waals surface area contributed by atoms with Crippen molar-refractivity contribution in [2.75, 3.05) is 0 Å². The van der Waals surface area contributed by atoms with Crippen LogP contribution < -0.4 is 18.1 Å². The first-order valence-electron chi connectivity index (χ1n) is 8.71. The van der Waals surface area contributed by atoms with Crippen LogP contribution in [0.1, 0.15) is 11.1 Å². The summed E-state index contributed by atoms with van der Waals surface area (Å²) in [5, 5.41) is 0. The van der Waals surface area contributed by atoms with Crippen molar-refractivity contribution in [2.24, 2.45) is 0 Å². The molecule has 0 aliphatic rings. The second-order valence-corrected chi connectivity index (χ2v) is 11.3. The molecule has 10 heteroatoms. The molecule has 0 aliphatic heterocycles. The number of hydrogen-bond donors (Lipinski definition) is 0. The van der Waals surface area contributed by atoms with Gasteiger partial charge in [-0.25, -0.2) is 9.13 Å². The molecule has 0 saturated carbocycles. The lowest BCUT2D eigenvalue weighted by atomic mass is 10.2. The molecule has 0 aromatic heterocycles. The molecule has 0 radical (unpaired) electrons. The summed E-state index contributed by atoms with van der Waals surface area (Å²) in [6.45, 7) is -4.14. The van der Waals surface area contributed by atoms with Crippen molar-refractivity contribution in [2.45, 2.75) is 13.8 Å². The molecule has 0 saturated heterocycles. The Morgan fingerprint density at radius 2 is 0.900 bits per heavy atom. The van der Waals surface area contributed by atoms with Crippen molar-refractivity contribution in [1.29, 1.82) is 0 Å². The minimum atomic E-state index is -3.94. The fraction of sp³-hybridized carbons (Fsp3) is 0.100. The molecule has 3 aromatic rings. The van der Waals surface area contributed by atoms with Gasteiger partial charge in [-0.2, -0.15) is 0 Å². The van der Waals surface area contributed by atoms with Gasteiger partial charge in [-0.1, -0.05) is 24.3 Å². The number of benzene rings is 3. The summed E-state index contributed by atoms with van der Waals surface area (Å²) in [4.78, 5) is 0. The third-order valence-electron chi connectivity index (χ3n) is 3.66. The molecule has 2 unspecified atom stereocenters. The van der Waals surface area contributed by atoms with E-state index < -0.39 is 13.9 Å². The summed E-state index contributed by atoms with van der Waals surface area (Å²) < 4.78 is 45.8. The Morgan fingerprint density at radius 1 is 0.567 bits per heavy atom. The van der Waals surface area contributed by atoms with Gasteiger partial charge in [0.2, 0.25) is 0 Å². The van der Waals surface area contributed by atoms with Crippen LogP contribution in [0.5, 0.6) is 23.0 Å². The number of aryl methyl sites for hydroxylation is 2. The van der Waals surface area contributed by atoms with E-state index in [0.29, 0.717) is 11.5 Å². The molecule has 0 amide bonds. The van der Waals surface area contributed by atoms with Crippen LogP contribution in [-0.4, -0.2) is 0 Å². The van der Waals surface area contributed by atoms with E-state index in [1.807, 2.05) is 26.0 Å². The summed E-state index contributed by atoms with van der Waals surface area (Å²) in [6.07, 6.45) is 0. The summed E-state index contributed by atoms with van der Waals surface area (Å²) in [6, 6.07) is 19.5. The molecule has 3 aromatic carbocycles. The van der Waals surface area contributed by atoms with E-state index in [1.54, 1.807) is 36.4 Å². The predicted molar refractivity (Wildman–Crippen MR) is 118 cm³/mol. The van der Waals surface area contributed by atoms with Crippen LogP contribution in [0.25, 0.3) is 0 Å². The summed E-state index contributed by atoms with van der Waals surface area (Å²) >= 11 is 11.8. The molecule has 0 bridgehead atoms. The van der Waals surface area contributed by atoms with Crippen LogP contribution in [0.15, 0.2) is 72.8 Å². The van der Waals surface area contributed by atoms with Crippen molar-refractivity contribution in [3.63, 3.8) is 0 Å². The van der Waals surface area contributed by atoms with Gasteiger partial charge < -0.3 is 18.1 Å². The van der Waals surface area contributed by atoms with E-state index in [-0.39, 0.29) is 11.5 Å². The smallest absolute Gasteiger partial charge is 0.405 e. The van der Waals surface area contributed by atoms with Crippen molar-refractivity contribution in [3.05, 3.63) is 83.9 Å². The van der Waals surface area contributed by atoms with E-state index in [4.69, 9.17) is 40.6 Å². The second kappa shape index (κ2) is 9.36. The van der Waals surface area contributed by atoms with Crippen molar-refractivity contribution in [1.82, 2.24) is 0 Å². The lowest BCUT2D eigenvalue weighted by molar-refractivity contribution is 0.400. The van der Waals surface area contributed by atoms with Crippen LogP contribution in [0.4, 0.5) is 0 Å². The maximum atomic E-state index is 12.4. The average molecular weight is 487 g/mol. The molecule has 3 rings (SSSR count). The van der Waals surface area contributed by atoms with E-state index >= 15 is 0 Å². The Hall–Kier alpha value is -2.10. The molecular weight excluding hydrogens is 469 g/mol. The average Bonchev–Trinajstić information content (AvgIpc) is 2.62. The molecule has 0 N–H and O–H groups in total. The quantitative estimate of drug-likeness (QED) is 0.301. The SMILES string of the molecule is Cc1cccc(OP(=O)(Cl)Oc2ccc(OP(=O)(Cl)Oc3cccc(C)c3)cc2)c1. The summed E-state index contributed by atoms with van der Waals surface area (Å²) in [5.41, 5.74) is 1.84. The Bertz CT molecular complexity index is 1030. The zero-order valence-corrected chi connectivity index (χ0v) is 19.3. The highest BCUT2D eigenvalue weighted by molar-refractivity contribution is 7.82. The van der Waals surface area contributed by atoms with Gasteiger partial charge in [0.15, 0.2) is 0 Å². The number of rotatable bonds is 8. The number of halogens is 2. The molecule has 2 atom stereocenters. The fourth-order valence-electron chi connectivity index (χ4n) is 2.45. The molecular formula is C20H18Cl2O6P2. The first-order chi connectivity index (χ1) is 14.1. The van der Waals surface area contributed by atoms with Crippen LogP contribution in [-0.2, 0) is 9.13 Å². The zero-order valence-electron chi connectivity index (χ0n) is 16.0. The Kier molecular flexibility index (Phi) is 7.05. The summed E-state index contributed by atoms with van der Waals surface area (Å²) in [5.74, 6) is 0.976. The summed E-state index contributed by atoms with van der Waals surface area (Å²) in [7, 11) is 0. The van der Waals surface area contributed by atoms with Gasteiger partial charge in [-0.05, 0) is 73.5 Å². The van der Waals surface area contributed by atoms with E-state index in [0.717, 1.165) is 11.1 Å². The predicted octanol–water partition coefficient (Wildman–Crippen LogP) is 7.91. The molecule has 30 heavy (non-hydrogen) atoms. The van der Waals surface area contributed by atoms with Crippen molar-refractivity contribution in [3.8, 4) is 23.0 Å². The van der Waals surface area contributed by atoms with E-state index in [2.05, 4.69) is 0 Å². The van der Waals surface area contributed by atoms with Crippen molar-refractivity contribution < 1.29 is 27.2 Å². The first-order valence-corrected chi connectivity index (χ1v) is 13.6. The van der Waals surface area contributed by atoms with Gasteiger partial charge in [-0.3, -0.25) is 0 Å². The van der Waals surface area contributed by atoms with Crippen molar-refractivity contribution >= 4 is 36.4 Å². The van der Waals surface area contributed by atoms with Crippen LogP contribution in [0, 0.1) is 13.8 Å². The molecule has 6 nitrogen and oxygen atoms in total. The van der Waals surface area contributed by atoms with Gasteiger partial charge in [0, 0.05) is 22.5 Å². The van der Waals surface area contributed by atoms with Crippen LogP contribution in [0.2, 0.25) is 0 Å². The van der Waals surface area contributed by atoms with Crippen LogP contribution in [0.3, 0.4) is 0 Å². The maximum absolute atomic E-state index is 12.4. The third-order valence-corrected chi connectivity index (χ3v) is 6.20. The Morgan fingerprint density at radius 3 is 1.23 bits per heavy atom. The second-order valence-electron chi connectivity index (χ2n) is 6.33. The molecule has 0 spiro atoms. The molecule has 0 aliphatic carbocycles. The highest BCUT2D eigenvalue weighted by Crippen LogP contribution is 2.55. The molecule has 0 heterocycles. The minimum absolute atomic E-state index is 0.164. The lowest BCUT2D eigenvalue weighted by Crippen LogP contribution is -1.97. The Balaban J connectivity index is 1.62. The highest BCUT2D eigenvalue weighted by atomic mass is 35.7. The largest absolute Gasteiger partial charge is 0.530 e. The number of hydrogen-bond acceptors (Lipinski definition) is 6. The van der Waals surface area contributed by atoms with E-state index in [1.165, 1.54) is 24.3 Å². The monoisotopic (exact) mass is 486 g/mol. The van der Waals surface area contributed by atoms with Gasteiger partial charge in [-0.15, -0.1) is 0 Å². The van der Waals surface area contributed by atoms with Gasteiger partial charge in [0.25, 0.3) is 0 Å². The highest BCUT2D eigenvalue weighted by Gasteiger charge is 2.27. The Labute approximate surface area is 184 Å². The maximum Gasteiger partial charge on any atom is 0.530 e. The topological polar surface area (TPSA) is 71.1 Å². The molecule has 158 valence electrons. The fourth-order valence-corrected chi connectivity index (χ4v) is 4.96. The first kappa shape index (κ1) is 22.6. The van der Waals surface area contributed by atoms with E-state index in [9.17, 15) is 9.13 Å². The van der Waals surface area contributed by atoms with Crippen LogP contribution >= 0.6 is 36.4 Å². The molecule has 0 fully saturated rings. The van der Waals surface area contributed by atoms with Gasteiger partial charge in [0.1, 0.15) is 23.0 Å².